The Hall–Kier alpha value is -2.18. The SMILES string of the molecule is Clc1cc(-c2ccc3c(c2)ncn3CC2CC2)nc(N2CCOCC2)n1. The lowest BCUT2D eigenvalue weighted by Crippen LogP contribution is -2.37. The van der Waals surface area contributed by atoms with Crippen LogP contribution in [0.3, 0.4) is 0 Å². The lowest BCUT2D eigenvalue weighted by molar-refractivity contribution is 0.122. The van der Waals surface area contributed by atoms with Crippen molar-refractivity contribution in [1.29, 1.82) is 0 Å². The summed E-state index contributed by atoms with van der Waals surface area (Å²) in [5.74, 6) is 1.49. The van der Waals surface area contributed by atoms with Crippen LogP contribution in [0.25, 0.3) is 22.3 Å². The standard InChI is InChI=1S/C19H20ClN5O/c20-18-10-15(22-19(23-18)24-5-7-26-8-6-24)14-3-4-17-16(9-14)21-12-25(17)11-13-1-2-13/h3-4,9-10,12-13H,1-2,5-8,11H2. The van der Waals surface area contributed by atoms with Gasteiger partial charge in [-0.2, -0.15) is 0 Å². The van der Waals surface area contributed by atoms with Gasteiger partial charge in [0, 0.05) is 31.3 Å². The summed E-state index contributed by atoms with van der Waals surface area (Å²) in [6.07, 6.45) is 4.61. The highest BCUT2D eigenvalue weighted by atomic mass is 35.5. The van der Waals surface area contributed by atoms with E-state index in [1.54, 1.807) is 0 Å². The molecule has 0 bridgehead atoms. The van der Waals surface area contributed by atoms with Gasteiger partial charge in [-0.05, 0) is 30.9 Å². The monoisotopic (exact) mass is 369 g/mol. The van der Waals surface area contributed by atoms with E-state index in [1.165, 1.54) is 18.4 Å². The van der Waals surface area contributed by atoms with Gasteiger partial charge in [-0.15, -0.1) is 0 Å². The maximum absolute atomic E-state index is 6.28. The molecule has 3 heterocycles. The molecule has 134 valence electrons. The van der Waals surface area contributed by atoms with Gasteiger partial charge in [-0.25, -0.2) is 15.0 Å². The van der Waals surface area contributed by atoms with E-state index in [0.29, 0.717) is 24.3 Å². The first kappa shape index (κ1) is 16.0. The van der Waals surface area contributed by atoms with Crippen LogP contribution < -0.4 is 4.90 Å². The van der Waals surface area contributed by atoms with E-state index in [0.717, 1.165) is 42.3 Å². The Balaban J connectivity index is 1.49. The summed E-state index contributed by atoms with van der Waals surface area (Å²) in [5, 5.41) is 0.454. The van der Waals surface area contributed by atoms with E-state index < -0.39 is 0 Å². The van der Waals surface area contributed by atoms with Crippen molar-refractivity contribution in [1.82, 2.24) is 19.5 Å². The van der Waals surface area contributed by atoms with E-state index in [4.69, 9.17) is 21.3 Å². The number of anilines is 1. The van der Waals surface area contributed by atoms with Crippen LogP contribution in [0.4, 0.5) is 5.95 Å². The van der Waals surface area contributed by atoms with E-state index in [9.17, 15) is 0 Å². The van der Waals surface area contributed by atoms with Gasteiger partial charge >= 0.3 is 0 Å². The Labute approximate surface area is 156 Å². The first-order valence-electron chi connectivity index (χ1n) is 9.09. The molecule has 0 N–H and O–H groups in total. The molecule has 1 aliphatic carbocycles. The molecule has 2 fully saturated rings. The van der Waals surface area contributed by atoms with Crippen LogP contribution in [0.2, 0.25) is 5.15 Å². The summed E-state index contributed by atoms with van der Waals surface area (Å²) in [6, 6.07) is 8.12. The minimum Gasteiger partial charge on any atom is -0.378 e. The van der Waals surface area contributed by atoms with Crippen molar-refractivity contribution in [2.45, 2.75) is 19.4 Å². The summed E-state index contributed by atoms with van der Waals surface area (Å²) in [6.45, 7) is 4.01. The van der Waals surface area contributed by atoms with Crippen molar-refractivity contribution in [3.8, 4) is 11.3 Å². The molecule has 0 atom stereocenters. The molecular formula is C19H20ClN5O. The number of benzene rings is 1. The fourth-order valence-corrected chi connectivity index (χ4v) is 3.58. The van der Waals surface area contributed by atoms with Crippen LogP contribution in [-0.4, -0.2) is 45.8 Å². The van der Waals surface area contributed by atoms with Crippen molar-refractivity contribution in [3.05, 3.63) is 35.7 Å². The molecule has 1 saturated carbocycles. The fourth-order valence-electron chi connectivity index (χ4n) is 3.41. The van der Waals surface area contributed by atoms with Gasteiger partial charge in [0.05, 0.1) is 36.3 Å². The summed E-state index contributed by atoms with van der Waals surface area (Å²) in [4.78, 5) is 15.8. The molecule has 0 spiro atoms. The Kier molecular flexibility index (Phi) is 4.02. The number of nitrogens with zero attached hydrogens (tertiary/aromatic N) is 5. The van der Waals surface area contributed by atoms with Crippen LogP contribution >= 0.6 is 11.6 Å². The summed E-state index contributed by atoms with van der Waals surface area (Å²) < 4.78 is 7.66. The molecule has 5 rings (SSSR count). The molecule has 1 aliphatic heterocycles. The molecule has 0 unspecified atom stereocenters. The predicted octanol–water partition coefficient (Wildman–Crippen LogP) is 3.39. The lowest BCUT2D eigenvalue weighted by atomic mass is 10.1. The topological polar surface area (TPSA) is 56.1 Å². The third-order valence-corrected chi connectivity index (χ3v) is 5.24. The van der Waals surface area contributed by atoms with Crippen LogP contribution in [-0.2, 0) is 11.3 Å². The molecule has 0 radical (unpaired) electrons. The first-order valence-corrected chi connectivity index (χ1v) is 9.46. The smallest absolute Gasteiger partial charge is 0.227 e. The molecular weight excluding hydrogens is 350 g/mol. The average molecular weight is 370 g/mol. The normalized spacial score (nSPS) is 17.8. The summed E-state index contributed by atoms with van der Waals surface area (Å²) in [7, 11) is 0. The molecule has 2 aliphatic rings. The highest BCUT2D eigenvalue weighted by Gasteiger charge is 2.22. The molecule has 26 heavy (non-hydrogen) atoms. The second-order valence-electron chi connectivity index (χ2n) is 7.02. The van der Waals surface area contributed by atoms with Crippen molar-refractivity contribution < 1.29 is 4.74 Å². The van der Waals surface area contributed by atoms with Crippen LogP contribution in [0.1, 0.15) is 12.8 Å². The Bertz CT molecular complexity index is 946. The Morgan fingerprint density at radius 1 is 1.12 bits per heavy atom. The zero-order valence-corrected chi connectivity index (χ0v) is 15.2. The molecule has 3 aromatic rings. The lowest BCUT2D eigenvalue weighted by Gasteiger charge is -2.27. The highest BCUT2D eigenvalue weighted by Crippen LogP contribution is 2.32. The number of ether oxygens (including phenoxy) is 1. The molecule has 6 nitrogen and oxygen atoms in total. The van der Waals surface area contributed by atoms with Crippen LogP contribution in [0, 0.1) is 5.92 Å². The minimum absolute atomic E-state index is 0.454. The number of aromatic nitrogens is 4. The zero-order chi connectivity index (χ0) is 17.5. The summed E-state index contributed by atoms with van der Waals surface area (Å²) >= 11 is 6.28. The van der Waals surface area contributed by atoms with Gasteiger partial charge in [-0.3, -0.25) is 0 Å². The van der Waals surface area contributed by atoms with E-state index in [2.05, 4.69) is 37.6 Å². The number of imidazole rings is 1. The van der Waals surface area contributed by atoms with Crippen molar-refractivity contribution >= 4 is 28.6 Å². The first-order chi connectivity index (χ1) is 12.8. The number of rotatable bonds is 4. The molecule has 7 heteroatoms. The van der Waals surface area contributed by atoms with Crippen LogP contribution in [0.5, 0.6) is 0 Å². The van der Waals surface area contributed by atoms with Gasteiger partial charge in [0.1, 0.15) is 5.15 Å². The van der Waals surface area contributed by atoms with Crippen molar-refractivity contribution in [2.24, 2.45) is 5.92 Å². The molecule has 2 aromatic heterocycles. The second kappa shape index (κ2) is 6.52. The quantitative estimate of drug-likeness (QED) is 0.660. The van der Waals surface area contributed by atoms with E-state index in [1.807, 2.05) is 12.4 Å². The number of fused-ring (bicyclic) bond motifs is 1. The third-order valence-electron chi connectivity index (χ3n) is 5.05. The highest BCUT2D eigenvalue weighted by molar-refractivity contribution is 6.29. The van der Waals surface area contributed by atoms with Gasteiger partial charge < -0.3 is 14.2 Å². The van der Waals surface area contributed by atoms with Gasteiger partial charge in [0.25, 0.3) is 0 Å². The molecule has 1 saturated heterocycles. The minimum atomic E-state index is 0.454. The third kappa shape index (κ3) is 3.15. The van der Waals surface area contributed by atoms with E-state index >= 15 is 0 Å². The number of hydrogen-bond donors (Lipinski definition) is 0. The zero-order valence-electron chi connectivity index (χ0n) is 14.4. The van der Waals surface area contributed by atoms with Crippen molar-refractivity contribution in [3.63, 3.8) is 0 Å². The Morgan fingerprint density at radius 2 is 1.96 bits per heavy atom. The predicted molar refractivity (Wildman–Crippen MR) is 102 cm³/mol. The largest absolute Gasteiger partial charge is 0.378 e. The number of halogens is 1. The maximum Gasteiger partial charge on any atom is 0.227 e. The maximum atomic E-state index is 6.28. The van der Waals surface area contributed by atoms with Gasteiger partial charge in [-0.1, -0.05) is 17.7 Å². The number of hydrogen-bond acceptors (Lipinski definition) is 5. The summed E-state index contributed by atoms with van der Waals surface area (Å²) in [5.41, 5.74) is 4.00. The van der Waals surface area contributed by atoms with Crippen LogP contribution in [0.15, 0.2) is 30.6 Å². The van der Waals surface area contributed by atoms with Gasteiger partial charge in [0.15, 0.2) is 0 Å². The average Bonchev–Trinajstić information content (AvgIpc) is 3.41. The molecule has 1 aromatic carbocycles. The van der Waals surface area contributed by atoms with Gasteiger partial charge in [0.2, 0.25) is 5.95 Å². The van der Waals surface area contributed by atoms with E-state index in [-0.39, 0.29) is 0 Å². The molecule has 0 amide bonds. The second-order valence-corrected chi connectivity index (χ2v) is 7.41. The fraction of sp³-hybridized carbons (Fsp3) is 0.421. The number of morpholine rings is 1. The van der Waals surface area contributed by atoms with Crippen molar-refractivity contribution in [2.75, 3.05) is 31.2 Å². The Morgan fingerprint density at radius 3 is 2.77 bits per heavy atom.